The lowest BCUT2D eigenvalue weighted by Gasteiger charge is -2.08. The molecule has 0 spiro atoms. The molecule has 2 amide bonds. The molecule has 22 heavy (non-hydrogen) atoms. The smallest absolute Gasteiger partial charge is 0.408 e. The third kappa shape index (κ3) is 3.04. The van der Waals surface area contributed by atoms with Crippen LogP contribution < -0.4 is 16.4 Å². The largest absolute Gasteiger partial charge is 0.417 e. The van der Waals surface area contributed by atoms with Crippen molar-refractivity contribution in [2.24, 2.45) is 0 Å². The van der Waals surface area contributed by atoms with Gasteiger partial charge >= 0.3 is 11.8 Å². The Morgan fingerprint density at radius 1 is 1.14 bits per heavy atom. The minimum Gasteiger partial charge on any atom is -0.408 e. The Morgan fingerprint density at radius 2 is 1.82 bits per heavy atom. The normalized spacial score (nSPS) is 10.6. The number of carbonyl (C=O) groups is 1. The molecule has 6 nitrogen and oxygen atoms in total. The molecule has 1 heterocycles. The zero-order valence-corrected chi connectivity index (χ0v) is 13.2. The van der Waals surface area contributed by atoms with Crippen molar-refractivity contribution in [3.63, 3.8) is 0 Å². The molecule has 2 aromatic carbocycles. The second-order valence-corrected chi connectivity index (χ2v) is 5.62. The Morgan fingerprint density at radius 3 is 2.55 bits per heavy atom. The number of aromatic nitrogens is 1. The molecule has 0 unspecified atom stereocenters. The van der Waals surface area contributed by atoms with Crippen LogP contribution in [0.1, 0.15) is 5.56 Å². The Balaban J connectivity index is 1.74. The fourth-order valence-corrected chi connectivity index (χ4v) is 2.37. The van der Waals surface area contributed by atoms with Crippen molar-refractivity contribution in [3.8, 4) is 0 Å². The molecule has 0 aliphatic carbocycles. The van der Waals surface area contributed by atoms with E-state index in [4.69, 9.17) is 4.42 Å². The minimum atomic E-state index is -0.527. The summed E-state index contributed by atoms with van der Waals surface area (Å²) >= 11 is 3.42. The number of hydrogen-bond donors (Lipinski definition) is 3. The summed E-state index contributed by atoms with van der Waals surface area (Å²) in [7, 11) is 0. The van der Waals surface area contributed by atoms with Gasteiger partial charge in [0.1, 0.15) is 0 Å². The van der Waals surface area contributed by atoms with Gasteiger partial charge in [-0.05, 0) is 42.8 Å². The van der Waals surface area contributed by atoms with Crippen molar-refractivity contribution in [2.45, 2.75) is 6.92 Å². The first-order valence-electron chi connectivity index (χ1n) is 6.48. The van der Waals surface area contributed by atoms with E-state index in [1.54, 1.807) is 18.2 Å². The number of amides is 2. The maximum absolute atomic E-state index is 12.0. The molecule has 112 valence electrons. The molecule has 0 aliphatic rings. The van der Waals surface area contributed by atoms with E-state index in [0.717, 1.165) is 10.0 Å². The SMILES string of the molecule is Cc1ccc(NC(=O)Nc2ccc3oc(=O)[nH]c3c2)cc1Br. The van der Waals surface area contributed by atoms with Crippen molar-refractivity contribution >= 4 is 44.4 Å². The number of hydrogen-bond acceptors (Lipinski definition) is 3. The monoisotopic (exact) mass is 361 g/mol. The molecule has 0 saturated heterocycles. The second-order valence-electron chi connectivity index (χ2n) is 4.77. The first-order valence-corrected chi connectivity index (χ1v) is 7.27. The standard InChI is InChI=1S/C15H12BrN3O3/c1-8-2-3-9(6-11(8)16)17-14(20)18-10-4-5-13-12(7-10)19-15(21)22-13/h2-7H,1H3,(H,19,21)(H2,17,18,20). The van der Waals surface area contributed by atoms with E-state index in [9.17, 15) is 9.59 Å². The summed E-state index contributed by atoms with van der Waals surface area (Å²) in [6.45, 7) is 1.97. The number of fused-ring (bicyclic) bond motifs is 1. The highest BCUT2D eigenvalue weighted by molar-refractivity contribution is 9.10. The quantitative estimate of drug-likeness (QED) is 0.647. The number of urea groups is 1. The number of rotatable bonds is 2. The summed E-state index contributed by atoms with van der Waals surface area (Å²) in [5.41, 5.74) is 3.28. The first-order chi connectivity index (χ1) is 10.5. The average Bonchev–Trinajstić information content (AvgIpc) is 2.82. The van der Waals surface area contributed by atoms with Gasteiger partial charge in [-0.3, -0.25) is 4.98 Å². The molecule has 3 aromatic rings. The number of benzene rings is 2. The van der Waals surface area contributed by atoms with E-state index < -0.39 is 5.76 Å². The Hall–Kier alpha value is -2.54. The third-order valence-electron chi connectivity index (χ3n) is 3.11. The molecule has 7 heteroatoms. The van der Waals surface area contributed by atoms with Gasteiger partial charge in [0.25, 0.3) is 0 Å². The predicted molar refractivity (Wildman–Crippen MR) is 88.4 cm³/mol. The van der Waals surface area contributed by atoms with E-state index in [0.29, 0.717) is 22.5 Å². The van der Waals surface area contributed by atoms with Gasteiger partial charge in [0, 0.05) is 15.8 Å². The molecule has 0 fully saturated rings. The van der Waals surface area contributed by atoms with Crippen LogP contribution in [0, 0.1) is 6.92 Å². The molecule has 3 rings (SSSR count). The number of H-pyrrole nitrogens is 1. The number of nitrogens with one attached hydrogen (secondary N) is 3. The van der Waals surface area contributed by atoms with Gasteiger partial charge in [-0.2, -0.15) is 0 Å². The molecular formula is C15H12BrN3O3. The van der Waals surface area contributed by atoms with E-state index in [1.807, 2.05) is 25.1 Å². The van der Waals surface area contributed by atoms with Crippen LogP contribution >= 0.6 is 15.9 Å². The molecule has 0 aliphatic heterocycles. The molecule has 3 N–H and O–H groups in total. The van der Waals surface area contributed by atoms with Gasteiger partial charge in [0.15, 0.2) is 5.58 Å². The summed E-state index contributed by atoms with van der Waals surface area (Å²) in [5, 5.41) is 5.43. The van der Waals surface area contributed by atoms with E-state index in [2.05, 4.69) is 31.5 Å². The topological polar surface area (TPSA) is 87.1 Å². The van der Waals surface area contributed by atoms with Crippen LogP contribution in [0.4, 0.5) is 16.2 Å². The zero-order chi connectivity index (χ0) is 15.7. The average molecular weight is 362 g/mol. The summed E-state index contributed by atoms with van der Waals surface area (Å²) in [4.78, 5) is 25.6. The van der Waals surface area contributed by atoms with Crippen LogP contribution in [-0.4, -0.2) is 11.0 Å². The van der Waals surface area contributed by atoms with Crippen LogP contribution in [0.5, 0.6) is 0 Å². The van der Waals surface area contributed by atoms with Gasteiger partial charge in [-0.1, -0.05) is 22.0 Å². The molecular weight excluding hydrogens is 350 g/mol. The van der Waals surface area contributed by atoms with Crippen molar-refractivity contribution in [1.29, 1.82) is 0 Å². The summed E-state index contributed by atoms with van der Waals surface area (Å²) in [5.74, 6) is -0.527. The van der Waals surface area contributed by atoms with Crippen molar-refractivity contribution < 1.29 is 9.21 Å². The van der Waals surface area contributed by atoms with Gasteiger partial charge in [0.05, 0.1) is 5.52 Å². The van der Waals surface area contributed by atoms with Crippen molar-refractivity contribution in [2.75, 3.05) is 10.6 Å². The number of carbonyl (C=O) groups excluding carboxylic acids is 1. The summed E-state index contributed by atoms with van der Waals surface area (Å²) in [6, 6.07) is 10.1. The van der Waals surface area contributed by atoms with Crippen molar-refractivity contribution in [1.82, 2.24) is 4.98 Å². The Labute approximate surface area is 133 Å². The minimum absolute atomic E-state index is 0.374. The number of oxazole rings is 1. The van der Waals surface area contributed by atoms with Gasteiger partial charge < -0.3 is 15.1 Å². The number of aromatic amines is 1. The highest BCUT2D eigenvalue weighted by atomic mass is 79.9. The maximum Gasteiger partial charge on any atom is 0.417 e. The maximum atomic E-state index is 12.0. The molecule has 0 saturated carbocycles. The lowest BCUT2D eigenvalue weighted by Crippen LogP contribution is -2.19. The van der Waals surface area contributed by atoms with E-state index in [-0.39, 0.29) is 6.03 Å². The van der Waals surface area contributed by atoms with Crippen LogP contribution in [0.3, 0.4) is 0 Å². The molecule has 0 bridgehead atoms. The second kappa shape index (κ2) is 5.69. The Kier molecular flexibility index (Phi) is 3.72. The lowest BCUT2D eigenvalue weighted by atomic mass is 10.2. The van der Waals surface area contributed by atoms with Crippen LogP contribution in [0.15, 0.2) is 50.1 Å². The fourth-order valence-electron chi connectivity index (χ4n) is 1.99. The van der Waals surface area contributed by atoms with Crippen LogP contribution in [0.2, 0.25) is 0 Å². The Bertz CT molecular complexity index is 914. The first kappa shape index (κ1) is 14.4. The number of halogens is 1. The zero-order valence-electron chi connectivity index (χ0n) is 11.6. The number of anilines is 2. The van der Waals surface area contributed by atoms with E-state index in [1.165, 1.54) is 0 Å². The number of aryl methyl sites for hydroxylation is 1. The van der Waals surface area contributed by atoms with Crippen LogP contribution in [0.25, 0.3) is 11.1 Å². The highest BCUT2D eigenvalue weighted by Crippen LogP contribution is 2.21. The molecule has 1 aromatic heterocycles. The lowest BCUT2D eigenvalue weighted by molar-refractivity contribution is 0.262. The van der Waals surface area contributed by atoms with Gasteiger partial charge in [0.2, 0.25) is 0 Å². The van der Waals surface area contributed by atoms with E-state index >= 15 is 0 Å². The van der Waals surface area contributed by atoms with Gasteiger partial charge in [-0.15, -0.1) is 0 Å². The third-order valence-corrected chi connectivity index (χ3v) is 3.96. The highest BCUT2D eigenvalue weighted by Gasteiger charge is 2.06. The summed E-state index contributed by atoms with van der Waals surface area (Å²) < 4.78 is 5.82. The van der Waals surface area contributed by atoms with Crippen LogP contribution in [-0.2, 0) is 0 Å². The summed E-state index contributed by atoms with van der Waals surface area (Å²) in [6.07, 6.45) is 0. The van der Waals surface area contributed by atoms with Crippen molar-refractivity contribution in [3.05, 3.63) is 57.0 Å². The molecule has 0 atom stereocenters. The molecule has 0 radical (unpaired) electrons. The fraction of sp³-hybridized carbons (Fsp3) is 0.0667. The van der Waals surface area contributed by atoms with Gasteiger partial charge in [-0.25, -0.2) is 9.59 Å². The predicted octanol–water partition coefficient (Wildman–Crippen LogP) is 3.84.